The summed E-state index contributed by atoms with van der Waals surface area (Å²) in [6.45, 7) is 8.91. The first-order valence-corrected chi connectivity index (χ1v) is 10.5. The Hall–Kier alpha value is -2.78. The monoisotopic (exact) mass is 385 g/mol. The van der Waals surface area contributed by atoms with Crippen molar-refractivity contribution >= 4 is 27.6 Å². The van der Waals surface area contributed by atoms with Crippen molar-refractivity contribution < 1.29 is 9.15 Å². The molecule has 2 heterocycles. The number of anilines is 1. The van der Waals surface area contributed by atoms with Crippen LogP contribution in [0.25, 0.3) is 21.9 Å². The molecule has 0 spiro atoms. The van der Waals surface area contributed by atoms with E-state index in [2.05, 4.69) is 87.2 Å². The van der Waals surface area contributed by atoms with Crippen LogP contribution in [0.4, 0.5) is 5.69 Å². The van der Waals surface area contributed by atoms with Gasteiger partial charge in [0.25, 0.3) is 0 Å². The maximum Gasteiger partial charge on any atom is 0.159 e. The van der Waals surface area contributed by atoms with Gasteiger partial charge in [0.05, 0.1) is 17.8 Å². The van der Waals surface area contributed by atoms with Crippen LogP contribution in [0.2, 0.25) is 0 Å². The molecule has 0 bridgehead atoms. The Morgan fingerprint density at radius 2 is 1.59 bits per heavy atom. The molecule has 1 aliphatic heterocycles. The molecule has 5 rings (SSSR count). The van der Waals surface area contributed by atoms with Gasteiger partial charge in [0, 0.05) is 16.3 Å². The van der Waals surface area contributed by atoms with Gasteiger partial charge in [-0.3, -0.25) is 0 Å². The maximum absolute atomic E-state index is 6.65. The normalized spacial score (nSPS) is 22.2. The van der Waals surface area contributed by atoms with Crippen molar-refractivity contribution in [3.05, 3.63) is 77.9 Å². The number of fused-ring (bicyclic) bond motifs is 3. The lowest BCUT2D eigenvalue weighted by atomic mass is 9.99. The smallest absolute Gasteiger partial charge is 0.159 e. The zero-order valence-corrected chi connectivity index (χ0v) is 17.4. The molecule has 29 heavy (non-hydrogen) atoms. The lowest BCUT2D eigenvalue weighted by Crippen LogP contribution is -2.36. The Labute approximate surface area is 171 Å². The van der Waals surface area contributed by atoms with Crippen LogP contribution in [0.5, 0.6) is 0 Å². The molecular formula is C26H27NO2. The molecule has 4 aromatic rings. The van der Waals surface area contributed by atoms with Crippen molar-refractivity contribution in [2.24, 2.45) is 5.92 Å². The number of benzene rings is 3. The van der Waals surface area contributed by atoms with Crippen LogP contribution in [0.15, 0.2) is 71.1 Å². The van der Waals surface area contributed by atoms with Gasteiger partial charge in [0.1, 0.15) is 5.58 Å². The van der Waals surface area contributed by atoms with Gasteiger partial charge >= 0.3 is 0 Å². The number of hydrogen-bond donors (Lipinski definition) is 0. The van der Waals surface area contributed by atoms with Crippen LogP contribution in [0, 0.1) is 12.8 Å². The standard InChI is InChI=1S/C26H27NO2/c1-16(2)24-18(4)27(26(29-24)19-10-6-5-7-11-19)23-17(3)14-15-21-20-12-8-9-13-22(20)28-25(21)23/h5-16,18,24,26H,1-4H3/t18-,24?,26?/m0/s1. The zero-order chi connectivity index (χ0) is 20.1. The second-order valence-electron chi connectivity index (χ2n) is 8.46. The molecule has 0 saturated carbocycles. The van der Waals surface area contributed by atoms with Gasteiger partial charge < -0.3 is 14.1 Å². The van der Waals surface area contributed by atoms with Crippen molar-refractivity contribution in [3.8, 4) is 0 Å². The molecule has 1 aliphatic rings. The van der Waals surface area contributed by atoms with Gasteiger partial charge in [-0.2, -0.15) is 0 Å². The van der Waals surface area contributed by atoms with Gasteiger partial charge in [-0.1, -0.05) is 74.5 Å². The van der Waals surface area contributed by atoms with Gasteiger partial charge in [0.2, 0.25) is 0 Å². The fourth-order valence-electron chi connectivity index (χ4n) is 4.79. The van der Waals surface area contributed by atoms with Gasteiger partial charge in [-0.25, -0.2) is 0 Å². The minimum absolute atomic E-state index is 0.129. The molecule has 3 aromatic carbocycles. The lowest BCUT2D eigenvalue weighted by Gasteiger charge is -2.31. The number of hydrogen-bond acceptors (Lipinski definition) is 3. The van der Waals surface area contributed by atoms with E-state index >= 15 is 0 Å². The van der Waals surface area contributed by atoms with E-state index in [-0.39, 0.29) is 18.4 Å². The molecule has 0 aliphatic carbocycles. The molecule has 2 unspecified atom stereocenters. The minimum Gasteiger partial charge on any atom is -0.454 e. The fourth-order valence-corrected chi connectivity index (χ4v) is 4.79. The number of aryl methyl sites for hydroxylation is 1. The SMILES string of the molecule is Cc1ccc2c(oc3ccccc32)c1N1C(c2ccccc2)OC(C(C)C)[C@@H]1C. The predicted molar refractivity (Wildman–Crippen MR) is 119 cm³/mol. The minimum atomic E-state index is -0.129. The number of furan rings is 1. The van der Waals surface area contributed by atoms with Crippen molar-refractivity contribution in [2.75, 3.05) is 4.90 Å². The molecule has 3 atom stereocenters. The Kier molecular flexibility index (Phi) is 4.36. The van der Waals surface area contributed by atoms with Crippen LogP contribution in [-0.2, 0) is 4.74 Å². The Morgan fingerprint density at radius 1 is 0.862 bits per heavy atom. The molecule has 1 aromatic heterocycles. The van der Waals surface area contributed by atoms with Crippen LogP contribution in [0.3, 0.4) is 0 Å². The van der Waals surface area contributed by atoms with E-state index in [0.717, 1.165) is 27.6 Å². The number of nitrogens with zero attached hydrogens (tertiary/aromatic N) is 1. The van der Waals surface area contributed by atoms with E-state index in [9.17, 15) is 0 Å². The molecule has 3 heteroatoms. The zero-order valence-electron chi connectivity index (χ0n) is 17.4. The summed E-state index contributed by atoms with van der Waals surface area (Å²) >= 11 is 0. The van der Waals surface area contributed by atoms with Gasteiger partial charge in [-0.15, -0.1) is 0 Å². The molecule has 1 fully saturated rings. The second-order valence-corrected chi connectivity index (χ2v) is 8.46. The highest BCUT2D eigenvalue weighted by molar-refractivity contribution is 6.09. The van der Waals surface area contributed by atoms with Gasteiger partial charge in [-0.05, 0) is 31.4 Å². The third-order valence-corrected chi connectivity index (χ3v) is 6.18. The van der Waals surface area contributed by atoms with Crippen LogP contribution >= 0.6 is 0 Å². The molecule has 3 nitrogen and oxygen atoms in total. The first-order valence-electron chi connectivity index (χ1n) is 10.5. The van der Waals surface area contributed by atoms with E-state index in [4.69, 9.17) is 9.15 Å². The highest BCUT2D eigenvalue weighted by atomic mass is 16.5. The van der Waals surface area contributed by atoms with Crippen molar-refractivity contribution in [3.63, 3.8) is 0 Å². The Balaban J connectivity index is 1.75. The third kappa shape index (κ3) is 2.84. The molecule has 1 saturated heterocycles. The fraction of sp³-hybridized carbons (Fsp3) is 0.308. The number of rotatable bonds is 3. The Bertz CT molecular complexity index is 1160. The number of para-hydroxylation sites is 1. The summed E-state index contributed by atoms with van der Waals surface area (Å²) in [5.41, 5.74) is 5.40. The molecule has 0 N–H and O–H groups in total. The average molecular weight is 386 g/mol. The quantitative estimate of drug-likeness (QED) is 0.386. The first-order chi connectivity index (χ1) is 14.1. The van der Waals surface area contributed by atoms with Crippen molar-refractivity contribution in [1.82, 2.24) is 0 Å². The third-order valence-electron chi connectivity index (χ3n) is 6.18. The van der Waals surface area contributed by atoms with E-state index < -0.39 is 0 Å². The maximum atomic E-state index is 6.65. The summed E-state index contributed by atoms with van der Waals surface area (Å²) in [6.07, 6.45) is 0.0235. The topological polar surface area (TPSA) is 25.6 Å². The van der Waals surface area contributed by atoms with Crippen molar-refractivity contribution in [2.45, 2.75) is 46.1 Å². The highest BCUT2D eigenvalue weighted by Gasteiger charge is 2.43. The van der Waals surface area contributed by atoms with Crippen LogP contribution < -0.4 is 4.90 Å². The molecule has 148 valence electrons. The van der Waals surface area contributed by atoms with E-state index in [1.807, 2.05) is 12.1 Å². The van der Waals surface area contributed by atoms with Crippen molar-refractivity contribution in [1.29, 1.82) is 0 Å². The van der Waals surface area contributed by atoms with E-state index in [0.29, 0.717) is 5.92 Å². The molecule has 0 radical (unpaired) electrons. The molecular weight excluding hydrogens is 358 g/mol. The number of ether oxygens (including phenoxy) is 1. The lowest BCUT2D eigenvalue weighted by molar-refractivity contribution is 0.0160. The summed E-state index contributed by atoms with van der Waals surface area (Å²) in [5.74, 6) is 0.427. The summed E-state index contributed by atoms with van der Waals surface area (Å²) in [7, 11) is 0. The second kappa shape index (κ2) is 6.93. The van der Waals surface area contributed by atoms with E-state index in [1.165, 1.54) is 11.1 Å². The molecule has 0 amide bonds. The van der Waals surface area contributed by atoms with Crippen LogP contribution in [-0.4, -0.2) is 12.1 Å². The first kappa shape index (κ1) is 18.3. The predicted octanol–water partition coefficient (Wildman–Crippen LogP) is 6.84. The summed E-state index contributed by atoms with van der Waals surface area (Å²) in [5, 5.41) is 2.32. The van der Waals surface area contributed by atoms with Crippen LogP contribution in [0.1, 0.15) is 38.1 Å². The highest BCUT2D eigenvalue weighted by Crippen LogP contribution is 2.46. The average Bonchev–Trinajstić information content (AvgIpc) is 3.27. The summed E-state index contributed by atoms with van der Waals surface area (Å²) in [6, 6.07) is 23.4. The van der Waals surface area contributed by atoms with E-state index in [1.54, 1.807) is 0 Å². The summed E-state index contributed by atoms with van der Waals surface area (Å²) in [4.78, 5) is 2.43. The largest absolute Gasteiger partial charge is 0.454 e. The summed E-state index contributed by atoms with van der Waals surface area (Å²) < 4.78 is 13.1. The van der Waals surface area contributed by atoms with Gasteiger partial charge in [0.15, 0.2) is 11.8 Å². The Morgan fingerprint density at radius 3 is 2.34 bits per heavy atom.